The topological polar surface area (TPSA) is 74.0 Å². The Bertz CT molecular complexity index is 823. The maximum absolute atomic E-state index is 12.4. The number of hydrogen-bond acceptors (Lipinski definition) is 4. The van der Waals surface area contributed by atoms with Gasteiger partial charge < -0.3 is 10.2 Å². The van der Waals surface area contributed by atoms with E-state index in [4.69, 9.17) is 6.57 Å². The molecule has 1 aliphatic rings. The van der Waals surface area contributed by atoms with Gasteiger partial charge in [-0.05, 0) is 48.8 Å². The van der Waals surface area contributed by atoms with Gasteiger partial charge in [-0.25, -0.2) is 4.99 Å². The Morgan fingerprint density at radius 1 is 1.28 bits per heavy atom. The summed E-state index contributed by atoms with van der Waals surface area (Å²) in [5, 5.41) is 5.05. The minimum absolute atomic E-state index is 0.175. The molecule has 0 spiro atoms. The first-order valence-electron chi connectivity index (χ1n) is 9.93. The fraction of sp³-hybridized carbons (Fsp3) is 0.429. The van der Waals surface area contributed by atoms with Crippen LogP contribution in [0.2, 0.25) is 0 Å². The molecular formula is C21H26N6OS. The Labute approximate surface area is 175 Å². The molecule has 0 bridgehead atoms. The molecule has 29 heavy (non-hydrogen) atoms. The number of aliphatic imine (C=N–C) groups is 1. The maximum atomic E-state index is 12.4. The van der Waals surface area contributed by atoms with E-state index in [1.54, 1.807) is 12.4 Å². The average molecular weight is 411 g/mol. The van der Waals surface area contributed by atoms with E-state index in [-0.39, 0.29) is 5.91 Å². The second-order valence-electron chi connectivity index (χ2n) is 7.02. The zero-order valence-electron chi connectivity index (χ0n) is 16.4. The van der Waals surface area contributed by atoms with Crippen molar-refractivity contribution in [3.63, 3.8) is 0 Å². The second-order valence-corrected chi connectivity index (χ2v) is 7.97. The highest BCUT2D eigenvalue weighted by atomic mass is 32.1. The number of anilines is 1. The molecule has 1 fully saturated rings. The smallest absolute Gasteiger partial charge is 0.266 e. The van der Waals surface area contributed by atoms with E-state index in [0.717, 1.165) is 49.3 Å². The molecule has 0 unspecified atom stereocenters. The number of unbranched alkanes of at least 4 members (excludes halogenated alkanes) is 1. The summed E-state index contributed by atoms with van der Waals surface area (Å²) >= 11 is 1.52. The first-order chi connectivity index (χ1) is 14.3. The van der Waals surface area contributed by atoms with Gasteiger partial charge in [0.2, 0.25) is 0 Å². The fourth-order valence-electron chi connectivity index (χ4n) is 3.44. The Morgan fingerprint density at radius 2 is 2.07 bits per heavy atom. The van der Waals surface area contributed by atoms with Crippen LogP contribution in [0.3, 0.4) is 0 Å². The first kappa shape index (κ1) is 20.8. The minimum atomic E-state index is 0.175. The SMILES string of the molecule is [C-]#[N+]NC(=NCCCCC1CCN(C(=O)c2cccs2)CC1)Nc1ccncc1. The largest absolute Gasteiger partial charge is 0.338 e. The van der Waals surface area contributed by atoms with E-state index in [0.29, 0.717) is 18.4 Å². The third kappa shape index (κ3) is 6.57. The molecule has 0 aliphatic carbocycles. The Kier molecular flexibility index (Phi) is 8.01. The van der Waals surface area contributed by atoms with Gasteiger partial charge in [0.05, 0.1) is 4.88 Å². The van der Waals surface area contributed by atoms with Gasteiger partial charge in [-0.2, -0.15) is 11.5 Å². The monoisotopic (exact) mass is 410 g/mol. The summed E-state index contributed by atoms with van der Waals surface area (Å²) in [5.74, 6) is 1.32. The van der Waals surface area contributed by atoms with Crippen molar-refractivity contribution < 1.29 is 4.79 Å². The molecule has 2 aromatic rings. The average Bonchev–Trinajstić information content (AvgIpc) is 3.29. The van der Waals surface area contributed by atoms with Crippen molar-refractivity contribution in [3.8, 4) is 0 Å². The minimum Gasteiger partial charge on any atom is -0.338 e. The molecule has 0 radical (unpaired) electrons. The summed E-state index contributed by atoms with van der Waals surface area (Å²) in [6.45, 7) is 9.38. The van der Waals surface area contributed by atoms with E-state index in [2.05, 4.69) is 25.7 Å². The molecule has 3 rings (SSSR count). The number of hydrogen-bond donors (Lipinski definition) is 2. The van der Waals surface area contributed by atoms with Crippen LogP contribution in [0.5, 0.6) is 0 Å². The lowest BCUT2D eigenvalue weighted by Crippen LogP contribution is -2.38. The van der Waals surface area contributed by atoms with Crippen molar-refractivity contribution in [2.75, 3.05) is 25.0 Å². The van der Waals surface area contributed by atoms with Crippen LogP contribution in [0.25, 0.3) is 4.95 Å². The van der Waals surface area contributed by atoms with Crippen molar-refractivity contribution in [2.24, 2.45) is 10.9 Å². The molecule has 1 saturated heterocycles. The molecule has 152 valence electrons. The molecule has 2 aromatic heterocycles. The van der Waals surface area contributed by atoms with Crippen LogP contribution in [0.4, 0.5) is 5.69 Å². The van der Waals surface area contributed by atoms with Crippen molar-refractivity contribution in [3.05, 3.63) is 58.4 Å². The lowest BCUT2D eigenvalue weighted by molar-refractivity contribution is 0.0690. The molecule has 8 heteroatoms. The number of nitrogens with zero attached hydrogens (tertiary/aromatic N) is 4. The molecule has 0 saturated carbocycles. The fourth-order valence-corrected chi connectivity index (χ4v) is 4.14. The van der Waals surface area contributed by atoms with Gasteiger partial charge >= 0.3 is 0 Å². The van der Waals surface area contributed by atoms with Gasteiger partial charge in [-0.15, -0.1) is 11.3 Å². The van der Waals surface area contributed by atoms with Gasteiger partial charge in [-0.3, -0.25) is 9.78 Å². The summed E-state index contributed by atoms with van der Waals surface area (Å²) in [6.07, 6.45) is 8.79. The normalized spacial score (nSPS) is 15.0. The standard InChI is InChI=1S/C21H26N6OS/c1-22-26-21(25-18-7-12-23-13-8-18)24-11-3-2-5-17-9-14-27(15-10-17)20(28)19-6-4-16-29-19/h4,6-8,12-13,16-17H,2-3,5,9-11,14-15H2,(H2,23,24,25,26). The van der Waals surface area contributed by atoms with E-state index in [9.17, 15) is 4.79 Å². The van der Waals surface area contributed by atoms with Crippen LogP contribution in [-0.4, -0.2) is 41.4 Å². The number of carbonyl (C=O) groups excluding carboxylic acids is 1. The summed E-state index contributed by atoms with van der Waals surface area (Å²) in [6, 6.07) is 7.49. The number of pyridine rings is 1. The van der Waals surface area contributed by atoms with Crippen LogP contribution in [0, 0.1) is 12.5 Å². The van der Waals surface area contributed by atoms with Crippen LogP contribution >= 0.6 is 11.3 Å². The molecule has 1 aliphatic heterocycles. The highest BCUT2D eigenvalue weighted by molar-refractivity contribution is 7.12. The van der Waals surface area contributed by atoms with Gasteiger partial charge in [0, 0.05) is 37.7 Å². The summed E-state index contributed by atoms with van der Waals surface area (Å²) in [7, 11) is 0. The number of nitrogens with one attached hydrogen (secondary N) is 2. The molecule has 0 aromatic carbocycles. The third-order valence-electron chi connectivity index (χ3n) is 5.03. The molecule has 3 heterocycles. The van der Waals surface area contributed by atoms with Crippen molar-refractivity contribution in [1.29, 1.82) is 0 Å². The third-order valence-corrected chi connectivity index (χ3v) is 5.89. The van der Waals surface area contributed by atoms with Crippen LogP contribution in [-0.2, 0) is 0 Å². The highest BCUT2D eigenvalue weighted by Crippen LogP contribution is 2.24. The van der Waals surface area contributed by atoms with Crippen LogP contribution in [0.15, 0.2) is 47.0 Å². The van der Waals surface area contributed by atoms with E-state index >= 15 is 0 Å². The number of carbonyl (C=O) groups is 1. The molecule has 7 nitrogen and oxygen atoms in total. The zero-order valence-corrected chi connectivity index (χ0v) is 17.2. The van der Waals surface area contributed by atoms with Crippen molar-refractivity contribution >= 4 is 28.9 Å². The van der Waals surface area contributed by atoms with Crippen molar-refractivity contribution in [2.45, 2.75) is 32.1 Å². The second kappa shape index (κ2) is 11.2. The number of piperidine rings is 1. The Balaban J connectivity index is 1.34. The molecule has 0 atom stereocenters. The van der Waals surface area contributed by atoms with Crippen LogP contribution < -0.4 is 10.7 Å². The number of rotatable bonds is 7. The summed E-state index contributed by atoms with van der Waals surface area (Å²) < 4.78 is 0. The van der Waals surface area contributed by atoms with E-state index in [1.165, 1.54) is 17.8 Å². The molecule has 1 amide bonds. The van der Waals surface area contributed by atoms with E-state index < -0.39 is 0 Å². The van der Waals surface area contributed by atoms with Crippen LogP contribution in [0.1, 0.15) is 41.8 Å². The maximum Gasteiger partial charge on any atom is 0.266 e. The lowest BCUT2D eigenvalue weighted by atomic mass is 9.91. The number of guanidine groups is 1. The highest BCUT2D eigenvalue weighted by Gasteiger charge is 2.23. The number of amides is 1. The van der Waals surface area contributed by atoms with E-state index in [1.807, 2.05) is 34.5 Å². The predicted octanol–water partition coefficient (Wildman–Crippen LogP) is 4.06. The molecule has 2 N–H and O–H groups in total. The summed E-state index contributed by atoms with van der Waals surface area (Å²) in [5.41, 5.74) is 3.42. The Morgan fingerprint density at radius 3 is 2.76 bits per heavy atom. The van der Waals surface area contributed by atoms with Gasteiger partial charge in [-0.1, -0.05) is 24.3 Å². The number of thiophene rings is 1. The molecular weight excluding hydrogens is 384 g/mol. The van der Waals surface area contributed by atoms with Crippen molar-refractivity contribution in [1.82, 2.24) is 15.3 Å². The van der Waals surface area contributed by atoms with Gasteiger partial charge in [0.1, 0.15) is 0 Å². The van der Waals surface area contributed by atoms with Gasteiger partial charge in [0.15, 0.2) is 0 Å². The Hall–Kier alpha value is -2.92. The quantitative estimate of drug-likeness (QED) is 0.237. The number of aromatic nitrogens is 1. The predicted molar refractivity (Wildman–Crippen MR) is 117 cm³/mol. The lowest BCUT2D eigenvalue weighted by Gasteiger charge is -2.31. The summed E-state index contributed by atoms with van der Waals surface area (Å²) in [4.78, 5) is 26.9. The van der Waals surface area contributed by atoms with Gasteiger partial charge in [0.25, 0.3) is 11.9 Å². The zero-order chi connectivity index (χ0) is 20.3. The first-order valence-corrected chi connectivity index (χ1v) is 10.8. The number of likely N-dealkylation sites (tertiary alicyclic amines) is 1.